The van der Waals surface area contributed by atoms with Crippen LogP contribution in [0.5, 0.6) is 0 Å². The molecule has 3 aromatic rings. The van der Waals surface area contributed by atoms with Crippen LogP contribution in [0.2, 0.25) is 5.02 Å². The highest BCUT2D eigenvalue weighted by Crippen LogP contribution is 2.16. The molecule has 0 aliphatic heterocycles. The highest BCUT2D eigenvalue weighted by atomic mass is 35.5. The predicted molar refractivity (Wildman–Crippen MR) is 102 cm³/mol. The normalized spacial score (nSPS) is 11.0. The number of hydrogen-bond donors (Lipinski definition) is 1. The van der Waals surface area contributed by atoms with Crippen LogP contribution in [0.1, 0.15) is 16.7 Å². The Labute approximate surface area is 151 Å². The largest absolute Gasteiger partial charge is 0.320 e. The molecule has 1 N–H and O–H groups in total. The zero-order valence-corrected chi connectivity index (χ0v) is 14.6. The minimum atomic E-state index is -0.227. The molecule has 0 fully saturated rings. The summed E-state index contributed by atoms with van der Waals surface area (Å²) in [5, 5.41) is 7.70. The zero-order chi connectivity index (χ0) is 17.6. The van der Waals surface area contributed by atoms with Gasteiger partial charge in [-0.25, -0.2) is 0 Å². The average Bonchev–Trinajstić information content (AvgIpc) is 3.03. The molecule has 0 spiro atoms. The first-order chi connectivity index (χ1) is 12.1. The van der Waals surface area contributed by atoms with Crippen LogP contribution >= 0.6 is 11.6 Å². The summed E-state index contributed by atoms with van der Waals surface area (Å²) >= 11 is 6.06. The number of anilines is 1. The van der Waals surface area contributed by atoms with Gasteiger partial charge in [0.15, 0.2) is 0 Å². The summed E-state index contributed by atoms with van der Waals surface area (Å²) in [4.78, 5) is 12.0. The van der Waals surface area contributed by atoms with Crippen molar-refractivity contribution >= 4 is 29.3 Å². The molecule has 1 heterocycles. The van der Waals surface area contributed by atoms with Crippen molar-refractivity contribution in [2.75, 3.05) is 5.32 Å². The van der Waals surface area contributed by atoms with E-state index in [1.807, 2.05) is 36.5 Å². The van der Waals surface area contributed by atoms with Gasteiger partial charge < -0.3 is 5.32 Å². The second kappa shape index (κ2) is 7.81. The highest BCUT2D eigenvalue weighted by Gasteiger charge is 2.04. The molecular formula is C20H18ClN3O. The second-order valence-corrected chi connectivity index (χ2v) is 6.10. The van der Waals surface area contributed by atoms with E-state index in [9.17, 15) is 4.79 Å². The van der Waals surface area contributed by atoms with E-state index >= 15 is 0 Å². The SMILES string of the molecule is Cc1ccccc1Cn1cc(NC(=O)/C=C/c2ccccc2Cl)cn1. The molecule has 2 aromatic carbocycles. The van der Waals surface area contributed by atoms with Crippen LogP contribution in [0.4, 0.5) is 5.69 Å². The summed E-state index contributed by atoms with van der Waals surface area (Å²) in [5.41, 5.74) is 3.87. The van der Waals surface area contributed by atoms with E-state index in [2.05, 4.69) is 29.5 Å². The predicted octanol–water partition coefficient (Wildman–Crippen LogP) is 4.55. The molecule has 0 unspecified atom stereocenters. The quantitative estimate of drug-likeness (QED) is 0.686. The molecular weight excluding hydrogens is 334 g/mol. The molecule has 0 saturated heterocycles. The molecule has 4 nitrogen and oxygen atoms in total. The minimum Gasteiger partial charge on any atom is -0.320 e. The summed E-state index contributed by atoms with van der Waals surface area (Å²) in [6.07, 6.45) is 6.60. The first kappa shape index (κ1) is 17.0. The van der Waals surface area contributed by atoms with Gasteiger partial charge in [0.1, 0.15) is 0 Å². The monoisotopic (exact) mass is 351 g/mol. The van der Waals surface area contributed by atoms with Gasteiger partial charge in [-0.15, -0.1) is 0 Å². The van der Waals surface area contributed by atoms with Crippen molar-refractivity contribution in [2.45, 2.75) is 13.5 Å². The molecule has 1 aromatic heterocycles. The molecule has 0 radical (unpaired) electrons. The molecule has 0 aliphatic rings. The fourth-order valence-corrected chi connectivity index (χ4v) is 2.63. The van der Waals surface area contributed by atoms with Gasteiger partial charge in [-0.1, -0.05) is 54.1 Å². The van der Waals surface area contributed by atoms with Crippen LogP contribution < -0.4 is 5.32 Å². The van der Waals surface area contributed by atoms with E-state index < -0.39 is 0 Å². The summed E-state index contributed by atoms with van der Waals surface area (Å²) in [6.45, 7) is 2.74. The van der Waals surface area contributed by atoms with E-state index in [0.29, 0.717) is 17.3 Å². The molecule has 5 heteroatoms. The lowest BCUT2D eigenvalue weighted by molar-refractivity contribution is -0.111. The van der Waals surface area contributed by atoms with Crippen molar-refractivity contribution in [1.29, 1.82) is 0 Å². The van der Waals surface area contributed by atoms with Gasteiger partial charge >= 0.3 is 0 Å². The number of aryl methyl sites for hydroxylation is 1. The fourth-order valence-electron chi connectivity index (χ4n) is 2.44. The topological polar surface area (TPSA) is 46.9 Å². The Morgan fingerprint density at radius 1 is 1.20 bits per heavy atom. The number of halogens is 1. The van der Waals surface area contributed by atoms with Crippen molar-refractivity contribution in [1.82, 2.24) is 9.78 Å². The Kier molecular flexibility index (Phi) is 5.31. The van der Waals surface area contributed by atoms with Crippen molar-refractivity contribution in [3.63, 3.8) is 0 Å². The van der Waals surface area contributed by atoms with Crippen molar-refractivity contribution in [3.05, 3.63) is 88.7 Å². The van der Waals surface area contributed by atoms with Crippen molar-refractivity contribution < 1.29 is 4.79 Å². The second-order valence-electron chi connectivity index (χ2n) is 5.70. The third kappa shape index (κ3) is 4.58. The number of hydrogen-bond acceptors (Lipinski definition) is 2. The van der Waals surface area contributed by atoms with Crippen LogP contribution in [-0.4, -0.2) is 15.7 Å². The first-order valence-corrected chi connectivity index (χ1v) is 8.30. The fraction of sp³-hybridized carbons (Fsp3) is 0.100. The first-order valence-electron chi connectivity index (χ1n) is 7.92. The summed E-state index contributed by atoms with van der Waals surface area (Å²) in [5.74, 6) is -0.227. The molecule has 0 aliphatic carbocycles. The molecule has 0 atom stereocenters. The van der Waals surface area contributed by atoms with E-state index in [4.69, 9.17) is 11.6 Å². The maximum Gasteiger partial charge on any atom is 0.248 e. The number of carbonyl (C=O) groups is 1. The third-order valence-corrected chi connectivity index (χ3v) is 4.16. The van der Waals surface area contributed by atoms with Gasteiger partial charge in [0.05, 0.1) is 18.4 Å². The average molecular weight is 352 g/mol. The maximum absolute atomic E-state index is 12.0. The van der Waals surface area contributed by atoms with Gasteiger partial charge in [0, 0.05) is 17.3 Å². The summed E-state index contributed by atoms with van der Waals surface area (Å²) < 4.78 is 1.80. The molecule has 3 rings (SSSR count). The number of benzene rings is 2. The van der Waals surface area contributed by atoms with Gasteiger partial charge in [-0.3, -0.25) is 9.48 Å². The third-order valence-electron chi connectivity index (χ3n) is 3.81. The van der Waals surface area contributed by atoms with Crippen molar-refractivity contribution in [3.8, 4) is 0 Å². The number of rotatable bonds is 5. The molecule has 25 heavy (non-hydrogen) atoms. The van der Waals surface area contributed by atoms with Crippen molar-refractivity contribution in [2.24, 2.45) is 0 Å². The van der Waals surface area contributed by atoms with E-state index in [1.54, 1.807) is 23.0 Å². The Bertz CT molecular complexity index is 915. The molecule has 0 bridgehead atoms. The minimum absolute atomic E-state index is 0.227. The Hall–Kier alpha value is -2.85. The van der Waals surface area contributed by atoms with E-state index in [1.165, 1.54) is 17.2 Å². The Balaban J connectivity index is 1.62. The molecule has 1 amide bonds. The van der Waals surface area contributed by atoms with Gasteiger partial charge in [-0.2, -0.15) is 5.10 Å². The van der Waals surface area contributed by atoms with E-state index in [-0.39, 0.29) is 5.91 Å². The number of nitrogens with one attached hydrogen (secondary N) is 1. The summed E-state index contributed by atoms with van der Waals surface area (Å²) in [6, 6.07) is 15.5. The smallest absolute Gasteiger partial charge is 0.248 e. The van der Waals surface area contributed by atoms with Crippen LogP contribution in [0.15, 0.2) is 67.0 Å². The lowest BCUT2D eigenvalue weighted by Gasteiger charge is -2.05. The van der Waals surface area contributed by atoms with Crippen LogP contribution in [0, 0.1) is 6.92 Å². The van der Waals surface area contributed by atoms with Gasteiger partial charge in [-0.05, 0) is 35.8 Å². The number of aromatic nitrogens is 2. The maximum atomic E-state index is 12.0. The number of amides is 1. The zero-order valence-electron chi connectivity index (χ0n) is 13.8. The lowest BCUT2D eigenvalue weighted by atomic mass is 10.1. The number of nitrogens with zero attached hydrogens (tertiary/aromatic N) is 2. The Morgan fingerprint density at radius 2 is 1.96 bits per heavy atom. The lowest BCUT2D eigenvalue weighted by Crippen LogP contribution is -2.07. The van der Waals surface area contributed by atoms with Crippen LogP contribution in [0.3, 0.4) is 0 Å². The van der Waals surface area contributed by atoms with E-state index in [0.717, 1.165) is 5.56 Å². The summed E-state index contributed by atoms with van der Waals surface area (Å²) in [7, 11) is 0. The number of carbonyl (C=O) groups excluding carboxylic acids is 1. The highest BCUT2D eigenvalue weighted by molar-refractivity contribution is 6.32. The molecule has 126 valence electrons. The van der Waals surface area contributed by atoms with Gasteiger partial charge in [0.2, 0.25) is 5.91 Å². The standard InChI is InChI=1S/C20H18ClN3O/c1-15-6-2-3-8-17(15)13-24-14-18(12-22-24)23-20(25)11-10-16-7-4-5-9-19(16)21/h2-12,14H,13H2,1H3,(H,23,25)/b11-10+. The van der Waals surface area contributed by atoms with Crippen LogP contribution in [-0.2, 0) is 11.3 Å². The van der Waals surface area contributed by atoms with Crippen LogP contribution in [0.25, 0.3) is 6.08 Å². The van der Waals surface area contributed by atoms with Gasteiger partial charge in [0.25, 0.3) is 0 Å². The molecule has 0 saturated carbocycles. The Morgan fingerprint density at radius 3 is 2.76 bits per heavy atom.